The molecule has 0 saturated carbocycles. The number of nitrogens with one attached hydrogen (secondary N) is 1. The normalized spacial score (nSPS) is 12.2. The summed E-state index contributed by atoms with van der Waals surface area (Å²) in [6, 6.07) is 3.00. The Hall–Kier alpha value is -1.62. The highest BCUT2D eigenvalue weighted by Crippen LogP contribution is 2.17. The molecule has 0 aromatic heterocycles. The second kappa shape index (κ2) is 4.75. The third kappa shape index (κ3) is 3.21. The van der Waals surface area contributed by atoms with Crippen molar-refractivity contribution >= 4 is 5.91 Å². The first-order chi connectivity index (χ1) is 7.00. The van der Waals surface area contributed by atoms with Crippen LogP contribution >= 0.6 is 0 Å². The van der Waals surface area contributed by atoms with Crippen molar-refractivity contribution in [2.75, 3.05) is 6.54 Å². The second-order valence-electron chi connectivity index (χ2n) is 3.35. The Morgan fingerprint density at radius 3 is 2.93 bits per heavy atom. The molecule has 5 heteroatoms. The average Bonchev–Trinajstić information content (AvgIpc) is 2.18. The summed E-state index contributed by atoms with van der Waals surface area (Å²) in [5.41, 5.74) is 5.35. The van der Waals surface area contributed by atoms with Crippen molar-refractivity contribution in [1.29, 1.82) is 0 Å². The van der Waals surface area contributed by atoms with Gasteiger partial charge in [-0.1, -0.05) is 0 Å². The Labute approximate surface area is 86.9 Å². The molecule has 15 heavy (non-hydrogen) atoms. The van der Waals surface area contributed by atoms with Gasteiger partial charge in [0.1, 0.15) is 11.6 Å². The Bertz CT molecular complexity index is 366. The van der Waals surface area contributed by atoms with E-state index >= 15 is 0 Å². The number of phenols is 1. The Kier molecular flexibility index (Phi) is 3.62. The lowest BCUT2D eigenvalue weighted by Gasteiger charge is -2.08. The first kappa shape index (κ1) is 11.5. The van der Waals surface area contributed by atoms with E-state index in [0.717, 1.165) is 18.2 Å². The van der Waals surface area contributed by atoms with Crippen molar-refractivity contribution in [2.24, 2.45) is 5.73 Å². The summed E-state index contributed by atoms with van der Waals surface area (Å²) in [7, 11) is 0. The fourth-order valence-electron chi connectivity index (χ4n) is 1.04. The lowest BCUT2D eigenvalue weighted by Crippen LogP contribution is -2.35. The van der Waals surface area contributed by atoms with Crippen LogP contribution in [0.4, 0.5) is 4.39 Å². The van der Waals surface area contributed by atoms with Crippen LogP contribution in [-0.4, -0.2) is 23.6 Å². The quantitative estimate of drug-likeness (QED) is 0.687. The predicted octanol–water partition coefficient (Wildman–Crippen LogP) is 0.608. The lowest BCUT2D eigenvalue weighted by molar-refractivity contribution is 0.0948. The van der Waals surface area contributed by atoms with Gasteiger partial charge in [-0.05, 0) is 25.1 Å². The van der Waals surface area contributed by atoms with Crippen molar-refractivity contribution in [1.82, 2.24) is 5.32 Å². The Balaban J connectivity index is 2.77. The first-order valence-electron chi connectivity index (χ1n) is 4.53. The molecular formula is C10H13FN2O2. The number of benzene rings is 1. The molecule has 0 aliphatic rings. The van der Waals surface area contributed by atoms with Crippen LogP contribution in [0, 0.1) is 5.82 Å². The van der Waals surface area contributed by atoms with Crippen molar-refractivity contribution in [2.45, 2.75) is 13.0 Å². The molecule has 1 atom stereocenters. The molecule has 1 aromatic carbocycles. The van der Waals surface area contributed by atoms with Crippen LogP contribution < -0.4 is 11.1 Å². The second-order valence-corrected chi connectivity index (χ2v) is 3.35. The number of aromatic hydroxyl groups is 1. The van der Waals surface area contributed by atoms with Gasteiger partial charge in [0.05, 0.1) is 5.56 Å². The highest BCUT2D eigenvalue weighted by atomic mass is 19.1. The average molecular weight is 212 g/mol. The summed E-state index contributed by atoms with van der Waals surface area (Å²) in [6.45, 7) is 2.00. The van der Waals surface area contributed by atoms with E-state index in [1.54, 1.807) is 6.92 Å². The molecule has 1 rings (SSSR count). The van der Waals surface area contributed by atoms with E-state index in [9.17, 15) is 14.3 Å². The third-order valence-electron chi connectivity index (χ3n) is 1.79. The number of amides is 1. The largest absolute Gasteiger partial charge is 0.507 e. The van der Waals surface area contributed by atoms with Crippen LogP contribution in [0.2, 0.25) is 0 Å². The number of nitrogens with two attached hydrogens (primary N) is 1. The maximum absolute atomic E-state index is 12.8. The molecular weight excluding hydrogens is 199 g/mol. The van der Waals surface area contributed by atoms with Crippen LogP contribution in [0.5, 0.6) is 5.75 Å². The zero-order valence-electron chi connectivity index (χ0n) is 8.33. The number of carbonyl (C=O) groups is 1. The number of hydrogen-bond donors (Lipinski definition) is 3. The molecule has 4 N–H and O–H groups in total. The van der Waals surface area contributed by atoms with Gasteiger partial charge in [0.2, 0.25) is 0 Å². The van der Waals surface area contributed by atoms with Gasteiger partial charge in [-0.25, -0.2) is 4.39 Å². The van der Waals surface area contributed by atoms with Gasteiger partial charge in [0.15, 0.2) is 0 Å². The molecule has 0 bridgehead atoms. The van der Waals surface area contributed by atoms with Crippen LogP contribution in [-0.2, 0) is 0 Å². The van der Waals surface area contributed by atoms with Gasteiger partial charge in [0.25, 0.3) is 5.91 Å². The van der Waals surface area contributed by atoms with Crippen LogP contribution in [0.3, 0.4) is 0 Å². The summed E-state index contributed by atoms with van der Waals surface area (Å²) in [6.07, 6.45) is 0. The highest BCUT2D eigenvalue weighted by molar-refractivity contribution is 5.96. The fraction of sp³-hybridized carbons (Fsp3) is 0.300. The van der Waals surface area contributed by atoms with Gasteiger partial charge >= 0.3 is 0 Å². The smallest absolute Gasteiger partial charge is 0.255 e. The summed E-state index contributed by atoms with van der Waals surface area (Å²) in [5.74, 6) is -1.36. The molecule has 4 nitrogen and oxygen atoms in total. The van der Waals surface area contributed by atoms with Crippen LogP contribution in [0.25, 0.3) is 0 Å². The zero-order chi connectivity index (χ0) is 11.4. The minimum atomic E-state index is -0.571. The minimum Gasteiger partial charge on any atom is -0.507 e. The maximum atomic E-state index is 12.8. The van der Waals surface area contributed by atoms with E-state index in [1.165, 1.54) is 0 Å². The highest BCUT2D eigenvalue weighted by Gasteiger charge is 2.11. The molecule has 0 radical (unpaired) electrons. The van der Waals surface area contributed by atoms with Crippen molar-refractivity contribution in [3.05, 3.63) is 29.6 Å². The molecule has 0 saturated heterocycles. The van der Waals surface area contributed by atoms with Gasteiger partial charge in [-0.15, -0.1) is 0 Å². The van der Waals surface area contributed by atoms with E-state index < -0.39 is 11.7 Å². The lowest BCUT2D eigenvalue weighted by atomic mass is 10.2. The number of phenolic OH excluding ortho intramolecular Hbond substituents is 1. The van der Waals surface area contributed by atoms with Gasteiger partial charge in [-0.2, -0.15) is 0 Å². The Morgan fingerprint density at radius 2 is 2.33 bits per heavy atom. The monoisotopic (exact) mass is 212 g/mol. The summed E-state index contributed by atoms with van der Waals surface area (Å²) in [4.78, 5) is 11.4. The topological polar surface area (TPSA) is 75.3 Å². The molecule has 1 amide bonds. The number of halogens is 1. The van der Waals surface area contributed by atoms with Gasteiger partial charge in [0, 0.05) is 12.6 Å². The molecule has 0 fully saturated rings. The maximum Gasteiger partial charge on any atom is 0.255 e. The van der Waals surface area contributed by atoms with Crippen molar-refractivity contribution < 1.29 is 14.3 Å². The SMILES string of the molecule is CC(N)CNC(=O)c1cc(F)ccc1O. The number of carbonyl (C=O) groups excluding carboxylic acids is 1. The molecule has 1 aromatic rings. The summed E-state index contributed by atoms with van der Waals surface area (Å²) < 4.78 is 12.8. The molecule has 0 spiro atoms. The summed E-state index contributed by atoms with van der Waals surface area (Å²) >= 11 is 0. The van der Waals surface area contributed by atoms with Crippen LogP contribution in [0.1, 0.15) is 17.3 Å². The Morgan fingerprint density at radius 1 is 1.67 bits per heavy atom. The van der Waals surface area contributed by atoms with E-state index in [0.29, 0.717) is 0 Å². The molecule has 82 valence electrons. The van der Waals surface area contributed by atoms with Gasteiger partial charge < -0.3 is 16.2 Å². The molecule has 1 unspecified atom stereocenters. The summed E-state index contributed by atoms with van der Waals surface area (Å²) in [5, 5.41) is 11.8. The van der Waals surface area contributed by atoms with E-state index in [1.807, 2.05) is 0 Å². The number of rotatable bonds is 3. The van der Waals surface area contributed by atoms with Crippen molar-refractivity contribution in [3.8, 4) is 5.75 Å². The minimum absolute atomic E-state index is 0.0874. The third-order valence-corrected chi connectivity index (χ3v) is 1.79. The van der Waals surface area contributed by atoms with Gasteiger partial charge in [-0.3, -0.25) is 4.79 Å². The molecule has 0 heterocycles. The van der Waals surface area contributed by atoms with Crippen LogP contribution in [0.15, 0.2) is 18.2 Å². The standard InChI is InChI=1S/C10H13FN2O2/c1-6(12)5-13-10(15)8-4-7(11)2-3-9(8)14/h2-4,6,14H,5,12H2,1H3,(H,13,15). The zero-order valence-corrected chi connectivity index (χ0v) is 8.33. The fourth-order valence-corrected chi connectivity index (χ4v) is 1.04. The predicted molar refractivity (Wildman–Crippen MR) is 54.0 cm³/mol. The van der Waals surface area contributed by atoms with E-state index in [2.05, 4.69) is 5.32 Å². The first-order valence-corrected chi connectivity index (χ1v) is 4.53. The van der Waals surface area contributed by atoms with E-state index in [-0.39, 0.29) is 23.9 Å². The number of hydrogen-bond acceptors (Lipinski definition) is 3. The molecule has 0 aliphatic heterocycles. The molecule has 0 aliphatic carbocycles. The van der Waals surface area contributed by atoms with E-state index in [4.69, 9.17) is 5.73 Å². The van der Waals surface area contributed by atoms with Crippen molar-refractivity contribution in [3.63, 3.8) is 0 Å².